The molecule has 1 aliphatic rings. The van der Waals surface area contributed by atoms with Crippen molar-refractivity contribution in [1.82, 2.24) is 14.2 Å². The first-order chi connectivity index (χ1) is 11.9. The van der Waals surface area contributed by atoms with Crippen LogP contribution in [0.5, 0.6) is 0 Å². The number of rotatable bonds is 3. The maximum Gasteiger partial charge on any atom is 0.256 e. The number of nitrogens with one attached hydrogen (secondary N) is 1. The van der Waals surface area contributed by atoms with Crippen LogP contribution in [0.4, 0.5) is 0 Å². The largest absolute Gasteiger partial charge is 0.352 e. The second-order valence-corrected chi connectivity index (χ2v) is 8.35. The molecule has 1 aliphatic heterocycles. The number of carbonyl (C=O) groups is 1. The fourth-order valence-electron chi connectivity index (χ4n) is 2.67. The molecule has 0 radical (unpaired) electrons. The van der Waals surface area contributed by atoms with Crippen LogP contribution in [-0.4, -0.2) is 54.7 Å². The van der Waals surface area contributed by atoms with Gasteiger partial charge in [-0.1, -0.05) is 29.9 Å². The normalized spacial score (nSPS) is 16.0. The summed E-state index contributed by atoms with van der Waals surface area (Å²) in [4.78, 5) is 17.1. The maximum absolute atomic E-state index is 12.7. The smallest absolute Gasteiger partial charge is 0.256 e. The number of hydrogen-bond donors (Lipinski definition) is 1. The van der Waals surface area contributed by atoms with Crippen LogP contribution in [0.3, 0.4) is 0 Å². The highest BCUT2D eigenvalue weighted by Gasteiger charge is 2.30. The van der Waals surface area contributed by atoms with Gasteiger partial charge in [-0.2, -0.15) is 4.31 Å². The lowest BCUT2D eigenvalue weighted by Gasteiger charge is -2.34. The molecule has 2 aromatic rings. The predicted molar refractivity (Wildman–Crippen MR) is 97.7 cm³/mol. The molecule has 0 spiro atoms. The van der Waals surface area contributed by atoms with E-state index in [2.05, 4.69) is 4.98 Å². The summed E-state index contributed by atoms with van der Waals surface area (Å²) in [5, 5.41) is 0.369. The van der Waals surface area contributed by atoms with Crippen LogP contribution in [0.25, 0.3) is 0 Å². The van der Waals surface area contributed by atoms with Crippen molar-refractivity contribution < 1.29 is 13.2 Å². The van der Waals surface area contributed by atoms with Gasteiger partial charge >= 0.3 is 0 Å². The Kier molecular flexibility index (Phi) is 5.24. The first kappa shape index (κ1) is 18.1. The summed E-state index contributed by atoms with van der Waals surface area (Å²) in [6.07, 6.45) is 1.66. The molecule has 1 fully saturated rings. The lowest BCUT2D eigenvalue weighted by Crippen LogP contribution is -2.50. The highest BCUT2D eigenvalue weighted by molar-refractivity contribution is 7.89. The number of nitrogens with zero attached hydrogens (tertiary/aromatic N) is 2. The van der Waals surface area contributed by atoms with E-state index in [4.69, 9.17) is 23.8 Å². The first-order valence-electron chi connectivity index (χ1n) is 7.62. The lowest BCUT2D eigenvalue weighted by atomic mass is 10.2. The van der Waals surface area contributed by atoms with Gasteiger partial charge in [0.15, 0.2) is 0 Å². The van der Waals surface area contributed by atoms with Gasteiger partial charge in [0, 0.05) is 37.4 Å². The third-order valence-electron chi connectivity index (χ3n) is 4.01. The second kappa shape index (κ2) is 7.25. The highest BCUT2D eigenvalue weighted by atomic mass is 35.5. The Labute approximate surface area is 156 Å². The fourth-order valence-corrected chi connectivity index (χ4v) is 4.62. The molecule has 25 heavy (non-hydrogen) atoms. The molecule has 132 valence electrons. The van der Waals surface area contributed by atoms with Gasteiger partial charge in [0.2, 0.25) is 10.0 Å². The summed E-state index contributed by atoms with van der Waals surface area (Å²) in [6, 6.07) is 9.55. The molecule has 0 aliphatic carbocycles. The topological polar surface area (TPSA) is 73.5 Å². The number of halogens is 1. The fraction of sp³-hybridized carbons (Fsp3) is 0.250. The molecule has 3 rings (SSSR count). The molecule has 1 aromatic heterocycles. The van der Waals surface area contributed by atoms with Crippen LogP contribution in [0, 0.1) is 4.64 Å². The van der Waals surface area contributed by atoms with Crippen LogP contribution in [-0.2, 0) is 10.0 Å². The van der Waals surface area contributed by atoms with Gasteiger partial charge in [-0.25, -0.2) is 8.42 Å². The van der Waals surface area contributed by atoms with E-state index in [9.17, 15) is 13.2 Å². The van der Waals surface area contributed by atoms with Crippen LogP contribution >= 0.6 is 23.8 Å². The second-order valence-electron chi connectivity index (χ2n) is 5.57. The lowest BCUT2D eigenvalue weighted by molar-refractivity contribution is 0.0697. The highest BCUT2D eigenvalue weighted by Crippen LogP contribution is 2.21. The number of H-pyrrole nitrogens is 1. The summed E-state index contributed by atoms with van der Waals surface area (Å²) < 4.78 is 27.1. The Morgan fingerprint density at radius 3 is 2.48 bits per heavy atom. The van der Waals surface area contributed by atoms with Gasteiger partial charge in [0.05, 0.1) is 10.5 Å². The zero-order valence-corrected chi connectivity index (χ0v) is 15.6. The number of sulfonamides is 1. The standard InChI is InChI=1S/C16H16ClN3O3S2/c17-12-3-1-4-13(11-12)25(22,23)20-9-7-19(8-10-20)16(21)14-5-2-6-18-15(14)24/h1-6,11H,7-10H2,(H,18,24). The van der Waals surface area contributed by atoms with Gasteiger partial charge in [0.25, 0.3) is 5.91 Å². The minimum atomic E-state index is -3.62. The van der Waals surface area contributed by atoms with E-state index >= 15 is 0 Å². The zero-order valence-electron chi connectivity index (χ0n) is 13.2. The third kappa shape index (κ3) is 3.77. The molecule has 6 nitrogen and oxygen atoms in total. The van der Waals surface area contributed by atoms with E-state index in [1.165, 1.54) is 16.4 Å². The van der Waals surface area contributed by atoms with Gasteiger partial charge in [-0.15, -0.1) is 0 Å². The summed E-state index contributed by atoms with van der Waals surface area (Å²) in [6.45, 7) is 1.07. The Morgan fingerprint density at radius 1 is 1.12 bits per heavy atom. The molecule has 0 atom stereocenters. The van der Waals surface area contributed by atoms with Gasteiger partial charge in [0.1, 0.15) is 4.64 Å². The minimum absolute atomic E-state index is 0.158. The number of pyridine rings is 1. The minimum Gasteiger partial charge on any atom is -0.352 e. The molecule has 1 amide bonds. The average molecular weight is 398 g/mol. The third-order valence-corrected chi connectivity index (χ3v) is 6.48. The van der Waals surface area contributed by atoms with E-state index in [-0.39, 0.29) is 23.9 Å². The quantitative estimate of drug-likeness (QED) is 0.808. The molecule has 1 saturated heterocycles. The van der Waals surface area contributed by atoms with E-state index in [1.807, 2.05) is 0 Å². The maximum atomic E-state index is 12.7. The van der Waals surface area contributed by atoms with Gasteiger partial charge < -0.3 is 9.88 Å². The number of carbonyl (C=O) groups excluding carboxylic acids is 1. The van der Waals surface area contributed by atoms with Crippen molar-refractivity contribution in [2.75, 3.05) is 26.2 Å². The molecule has 0 saturated carbocycles. The van der Waals surface area contributed by atoms with Gasteiger partial charge in [-0.05, 0) is 30.3 Å². The van der Waals surface area contributed by atoms with Crippen molar-refractivity contribution in [3.05, 3.63) is 57.8 Å². The van der Waals surface area contributed by atoms with Crippen molar-refractivity contribution in [3.8, 4) is 0 Å². The number of benzene rings is 1. The monoisotopic (exact) mass is 397 g/mol. The van der Waals surface area contributed by atoms with E-state index < -0.39 is 10.0 Å². The van der Waals surface area contributed by atoms with Crippen LogP contribution in [0.1, 0.15) is 10.4 Å². The molecule has 9 heteroatoms. The van der Waals surface area contributed by atoms with Crippen LogP contribution in [0.2, 0.25) is 5.02 Å². The zero-order chi connectivity index (χ0) is 18.0. The molecule has 1 N–H and O–H groups in total. The summed E-state index contributed by atoms with van der Waals surface area (Å²) >= 11 is 11.0. The number of aromatic nitrogens is 1. The Balaban J connectivity index is 1.73. The summed E-state index contributed by atoms with van der Waals surface area (Å²) in [5.41, 5.74) is 0.420. The number of piperazine rings is 1. The number of amides is 1. The van der Waals surface area contributed by atoms with Crippen LogP contribution < -0.4 is 0 Å². The van der Waals surface area contributed by atoms with Crippen molar-refractivity contribution >= 4 is 39.7 Å². The molecule has 1 aromatic carbocycles. The SMILES string of the molecule is O=C(c1ccc[nH]c1=S)N1CCN(S(=O)(=O)c2cccc(Cl)c2)CC1. The Bertz CT molecular complexity index is 951. The van der Waals surface area contributed by atoms with Crippen molar-refractivity contribution in [2.24, 2.45) is 0 Å². The molecule has 0 unspecified atom stereocenters. The van der Waals surface area contributed by atoms with E-state index in [1.54, 1.807) is 35.4 Å². The van der Waals surface area contributed by atoms with E-state index in [0.29, 0.717) is 28.3 Å². The number of aromatic amines is 1. The Morgan fingerprint density at radius 2 is 1.84 bits per heavy atom. The molecular formula is C16H16ClN3O3S2. The van der Waals surface area contributed by atoms with Crippen molar-refractivity contribution in [2.45, 2.75) is 4.90 Å². The molecular weight excluding hydrogens is 382 g/mol. The Hall–Kier alpha value is -1.74. The van der Waals surface area contributed by atoms with Crippen molar-refractivity contribution in [3.63, 3.8) is 0 Å². The van der Waals surface area contributed by atoms with Crippen molar-refractivity contribution in [1.29, 1.82) is 0 Å². The van der Waals surface area contributed by atoms with Crippen LogP contribution in [0.15, 0.2) is 47.5 Å². The van der Waals surface area contributed by atoms with Gasteiger partial charge in [-0.3, -0.25) is 4.79 Å². The molecule has 2 heterocycles. The average Bonchev–Trinajstić information content (AvgIpc) is 2.62. The summed E-state index contributed by atoms with van der Waals surface area (Å²) in [5.74, 6) is -0.193. The summed E-state index contributed by atoms with van der Waals surface area (Å²) in [7, 11) is -3.62. The first-order valence-corrected chi connectivity index (χ1v) is 9.85. The predicted octanol–water partition coefficient (Wildman–Crippen LogP) is 2.54. The molecule has 0 bridgehead atoms. The van der Waals surface area contributed by atoms with E-state index in [0.717, 1.165) is 0 Å². The number of hydrogen-bond acceptors (Lipinski definition) is 4.